The van der Waals surface area contributed by atoms with Crippen molar-refractivity contribution < 1.29 is 28.3 Å². The van der Waals surface area contributed by atoms with Gasteiger partial charge in [-0.3, -0.25) is 14.9 Å². The van der Waals surface area contributed by atoms with Gasteiger partial charge in [0.15, 0.2) is 5.76 Å². The van der Waals surface area contributed by atoms with Gasteiger partial charge in [0.2, 0.25) is 0 Å². The third kappa shape index (κ3) is 6.13. The number of ether oxygens (including phenoxy) is 3. The van der Waals surface area contributed by atoms with Crippen molar-refractivity contribution in [3.63, 3.8) is 0 Å². The molecule has 4 aromatic rings. The highest BCUT2D eigenvalue weighted by Crippen LogP contribution is 2.31. The summed E-state index contributed by atoms with van der Waals surface area (Å²) in [5, 5.41) is 14.6. The second kappa shape index (κ2) is 10.8. The molecule has 4 rings (SSSR count). The minimum atomic E-state index is -0.584. The highest BCUT2D eigenvalue weighted by atomic mass is 35.5. The van der Waals surface area contributed by atoms with Crippen molar-refractivity contribution in [1.82, 2.24) is 0 Å². The smallest absolute Gasteiger partial charge is 0.291 e. The summed E-state index contributed by atoms with van der Waals surface area (Å²) < 4.78 is 22.1. The van der Waals surface area contributed by atoms with Crippen LogP contribution in [0.5, 0.6) is 23.0 Å². The lowest BCUT2D eigenvalue weighted by Gasteiger charge is -2.10. The fraction of sp³-hybridized carbons (Fsp3) is 0.115. The third-order valence-corrected chi connectivity index (χ3v) is 5.48. The fourth-order valence-corrected chi connectivity index (χ4v) is 3.35. The molecule has 0 aliphatic rings. The molecule has 0 radical (unpaired) electrons. The van der Waals surface area contributed by atoms with Crippen LogP contribution in [0.3, 0.4) is 0 Å². The molecule has 0 aliphatic heterocycles. The number of carbonyl (C=O) groups is 1. The molecule has 0 saturated carbocycles. The van der Waals surface area contributed by atoms with Crippen LogP contribution in [0, 0.1) is 17.0 Å². The normalized spacial score (nSPS) is 10.5. The lowest BCUT2D eigenvalue weighted by Crippen LogP contribution is -2.11. The highest BCUT2D eigenvalue weighted by molar-refractivity contribution is 6.31. The van der Waals surface area contributed by atoms with E-state index in [0.717, 1.165) is 5.56 Å². The first-order chi connectivity index (χ1) is 17.3. The number of carbonyl (C=O) groups excluding carboxylic acids is 1. The molecule has 1 N–H and O–H groups in total. The number of hydrogen-bond donors (Lipinski definition) is 1. The fourth-order valence-electron chi connectivity index (χ4n) is 3.23. The summed E-state index contributed by atoms with van der Waals surface area (Å²) in [7, 11) is 1.58. The van der Waals surface area contributed by atoms with Gasteiger partial charge in [-0.1, -0.05) is 11.6 Å². The first-order valence-electron chi connectivity index (χ1n) is 10.7. The molecule has 1 aromatic heterocycles. The number of halogens is 1. The van der Waals surface area contributed by atoms with Gasteiger partial charge in [-0.15, -0.1) is 0 Å². The Hall–Kier alpha value is -4.50. The number of nitro groups is 1. The first kappa shape index (κ1) is 24.6. The molecule has 0 atom stereocenters. The van der Waals surface area contributed by atoms with Gasteiger partial charge in [0.25, 0.3) is 11.6 Å². The van der Waals surface area contributed by atoms with E-state index >= 15 is 0 Å². The van der Waals surface area contributed by atoms with E-state index in [-0.39, 0.29) is 29.5 Å². The number of nitrogens with one attached hydrogen (secondary N) is 1. The Kier molecular flexibility index (Phi) is 7.41. The largest absolute Gasteiger partial charge is 0.497 e. The molecule has 0 aliphatic carbocycles. The zero-order valence-corrected chi connectivity index (χ0v) is 20.1. The van der Waals surface area contributed by atoms with E-state index in [1.807, 2.05) is 6.92 Å². The van der Waals surface area contributed by atoms with Crippen LogP contribution in [-0.4, -0.2) is 17.9 Å². The highest BCUT2D eigenvalue weighted by Gasteiger charge is 2.16. The number of methoxy groups -OCH3 is 1. The van der Waals surface area contributed by atoms with Gasteiger partial charge in [-0.2, -0.15) is 0 Å². The van der Waals surface area contributed by atoms with E-state index < -0.39 is 10.8 Å². The molecule has 3 aromatic carbocycles. The number of amides is 1. The van der Waals surface area contributed by atoms with Crippen LogP contribution in [-0.2, 0) is 6.61 Å². The number of benzene rings is 3. The van der Waals surface area contributed by atoms with E-state index in [4.69, 9.17) is 30.2 Å². The average Bonchev–Trinajstić information content (AvgIpc) is 3.34. The second-order valence-electron chi connectivity index (χ2n) is 7.67. The van der Waals surface area contributed by atoms with Crippen molar-refractivity contribution in [2.75, 3.05) is 12.4 Å². The van der Waals surface area contributed by atoms with Gasteiger partial charge in [-0.05, 0) is 67.1 Å². The summed E-state index contributed by atoms with van der Waals surface area (Å²) in [6, 6.07) is 19.1. The number of nitrogens with zero attached hydrogens (tertiary/aromatic N) is 1. The topological polar surface area (TPSA) is 113 Å². The van der Waals surface area contributed by atoms with Crippen LogP contribution in [0.25, 0.3) is 0 Å². The third-order valence-electron chi connectivity index (χ3n) is 5.05. The van der Waals surface area contributed by atoms with Gasteiger partial charge in [-0.25, -0.2) is 0 Å². The second-order valence-corrected chi connectivity index (χ2v) is 8.08. The molecule has 0 unspecified atom stereocenters. The van der Waals surface area contributed by atoms with Crippen LogP contribution in [0.2, 0.25) is 5.02 Å². The lowest BCUT2D eigenvalue weighted by molar-refractivity contribution is -0.384. The van der Waals surface area contributed by atoms with Crippen LogP contribution in [0.4, 0.5) is 11.4 Å². The van der Waals surface area contributed by atoms with Crippen LogP contribution < -0.4 is 19.5 Å². The standard InChI is InChI=1S/C26H21ClN2O7/c1-16-11-21(7-9-24(16)27)35-23-13-17(12-18(14-23)29(31)32)28-26(30)25-10-8-22(36-25)15-34-20-5-3-19(33-2)4-6-20/h3-14H,15H2,1-2H3,(H,28,30). The lowest BCUT2D eigenvalue weighted by atomic mass is 10.2. The average molecular weight is 509 g/mol. The molecule has 10 heteroatoms. The van der Waals surface area contributed by atoms with Gasteiger partial charge < -0.3 is 23.9 Å². The van der Waals surface area contributed by atoms with Crippen molar-refractivity contribution in [3.8, 4) is 23.0 Å². The molecular weight excluding hydrogens is 488 g/mol. The maximum absolute atomic E-state index is 12.7. The summed E-state index contributed by atoms with van der Waals surface area (Å²) in [6.45, 7) is 1.92. The van der Waals surface area contributed by atoms with E-state index in [0.29, 0.717) is 28.0 Å². The van der Waals surface area contributed by atoms with Crippen LogP contribution in [0.15, 0.2) is 77.2 Å². The summed E-state index contributed by atoms with van der Waals surface area (Å²) in [4.78, 5) is 23.6. The predicted molar refractivity (Wildman–Crippen MR) is 133 cm³/mol. The number of furan rings is 1. The molecule has 1 amide bonds. The van der Waals surface area contributed by atoms with Crippen molar-refractivity contribution in [3.05, 3.63) is 105 Å². The van der Waals surface area contributed by atoms with E-state index in [2.05, 4.69) is 5.32 Å². The Balaban J connectivity index is 1.45. The number of aryl methyl sites for hydroxylation is 1. The SMILES string of the molecule is COc1ccc(OCc2ccc(C(=O)Nc3cc(Oc4ccc(Cl)c(C)c4)cc([N+](=O)[O-])c3)o2)cc1. The van der Waals surface area contributed by atoms with E-state index in [1.54, 1.807) is 55.6 Å². The summed E-state index contributed by atoms with van der Waals surface area (Å²) in [5.74, 6) is 1.80. The van der Waals surface area contributed by atoms with Crippen molar-refractivity contribution in [1.29, 1.82) is 0 Å². The molecule has 0 saturated heterocycles. The number of rotatable bonds is 9. The Bertz CT molecular complexity index is 1400. The Labute approximate surface area is 211 Å². The molecule has 9 nitrogen and oxygen atoms in total. The van der Waals surface area contributed by atoms with E-state index in [9.17, 15) is 14.9 Å². The molecule has 0 bridgehead atoms. The van der Waals surface area contributed by atoms with Gasteiger partial charge in [0.1, 0.15) is 35.4 Å². The van der Waals surface area contributed by atoms with Crippen molar-refractivity contribution in [2.45, 2.75) is 13.5 Å². The van der Waals surface area contributed by atoms with Crippen LogP contribution >= 0.6 is 11.6 Å². The van der Waals surface area contributed by atoms with Crippen molar-refractivity contribution >= 4 is 28.9 Å². The molecule has 184 valence electrons. The van der Waals surface area contributed by atoms with Crippen LogP contribution in [0.1, 0.15) is 21.9 Å². The maximum Gasteiger partial charge on any atom is 0.291 e. The molecule has 36 heavy (non-hydrogen) atoms. The van der Waals surface area contributed by atoms with Gasteiger partial charge >= 0.3 is 0 Å². The Morgan fingerprint density at radius 1 is 0.972 bits per heavy atom. The quantitative estimate of drug-likeness (QED) is 0.196. The maximum atomic E-state index is 12.7. The zero-order chi connectivity index (χ0) is 25.7. The first-order valence-corrected chi connectivity index (χ1v) is 11.1. The summed E-state index contributed by atoms with van der Waals surface area (Å²) in [6.07, 6.45) is 0. The Morgan fingerprint density at radius 3 is 2.39 bits per heavy atom. The molecule has 0 spiro atoms. The number of hydrogen-bond acceptors (Lipinski definition) is 7. The van der Waals surface area contributed by atoms with Gasteiger partial charge in [0, 0.05) is 17.2 Å². The predicted octanol–water partition coefficient (Wildman–Crippen LogP) is 6.78. The Morgan fingerprint density at radius 2 is 1.69 bits per heavy atom. The van der Waals surface area contributed by atoms with E-state index in [1.165, 1.54) is 24.3 Å². The summed E-state index contributed by atoms with van der Waals surface area (Å²) in [5.41, 5.74) is 0.710. The minimum Gasteiger partial charge on any atom is -0.497 e. The molecular formula is C26H21ClN2O7. The zero-order valence-electron chi connectivity index (χ0n) is 19.3. The monoisotopic (exact) mass is 508 g/mol. The number of anilines is 1. The minimum absolute atomic E-state index is 0.0191. The molecule has 1 heterocycles. The summed E-state index contributed by atoms with van der Waals surface area (Å²) >= 11 is 6.04. The van der Waals surface area contributed by atoms with Crippen molar-refractivity contribution in [2.24, 2.45) is 0 Å². The number of non-ortho nitro benzene ring substituents is 1. The molecule has 0 fully saturated rings. The van der Waals surface area contributed by atoms with Gasteiger partial charge in [0.05, 0.1) is 23.8 Å². The number of nitro benzene ring substituents is 1.